The molecule has 9 heteroatoms. The fraction of sp³-hybridized carbons (Fsp3) is 0.214. The summed E-state index contributed by atoms with van der Waals surface area (Å²) in [7, 11) is -2.41. The van der Waals surface area contributed by atoms with E-state index in [1.807, 2.05) is 47.8 Å². The van der Waals surface area contributed by atoms with E-state index in [0.29, 0.717) is 17.4 Å². The van der Waals surface area contributed by atoms with Crippen LogP contribution < -0.4 is 4.74 Å². The lowest BCUT2D eigenvalue weighted by Crippen LogP contribution is -2.46. The second-order valence-corrected chi connectivity index (χ2v) is 11.6. The van der Waals surface area contributed by atoms with Crippen molar-refractivity contribution in [3.05, 3.63) is 101 Å². The average Bonchev–Trinajstić information content (AvgIpc) is 3.41. The summed E-state index contributed by atoms with van der Waals surface area (Å²) in [4.78, 5) is 21.2. The van der Waals surface area contributed by atoms with Crippen LogP contribution in [-0.2, 0) is 21.2 Å². The van der Waals surface area contributed by atoms with Crippen LogP contribution in [0.25, 0.3) is 10.9 Å². The third-order valence-electron chi connectivity index (χ3n) is 6.58. The summed E-state index contributed by atoms with van der Waals surface area (Å²) in [6, 6.07) is 18.0. The number of sulfonamides is 1. The first kappa shape index (κ1) is 25.1. The topological polar surface area (TPSA) is 79.8 Å². The van der Waals surface area contributed by atoms with E-state index in [-0.39, 0.29) is 29.9 Å². The van der Waals surface area contributed by atoms with Gasteiger partial charge in [-0.2, -0.15) is 4.31 Å². The summed E-state index contributed by atoms with van der Waals surface area (Å²) in [5, 5.41) is 2.76. The molecule has 0 radical (unpaired) electrons. The van der Waals surface area contributed by atoms with Gasteiger partial charge in [0.15, 0.2) is 0 Å². The van der Waals surface area contributed by atoms with Crippen molar-refractivity contribution in [2.75, 3.05) is 26.7 Å². The number of benzene rings is 2. The number of methoxy groups -OCH3 is 1. The minimum atomic E-state index is -4.03. The first-order valence-corrected chi connectivity index (χ1v) is 14.2. The van der Waals surface area contributed by atoms with Gasteiger partial charge in [0, 0.05) is 29.5 Å². The van der Waals surface area contributed by atoms with Crippen molar-refractivity contribution in [3.63, 3.8) is 0 Å². The van der Waals surface area contributed by atoms with Crippen LogP contribution >= 0.6 is 11.3 Å². The first-order valence-electron chi connectivity index (χ1n) is 11.9. The molecule has 1 unspecified atom stereocenters. The normalized spacial score (nSPS) is 15.5. The van der Waals surface area contributed by atoms with Gasteiger partial charge in [0.2, 0.25) is 15.9 Å². The van der Waals surface area contributed by atoms with E-state index in [1.165, 1.54) is 21.3 Å². The molecule has 0 bridgehead atoms. The third kappa shape index (κ3) is 4.77. The van der Waals surface area contributed by atoms with Crippen molar-refractivity contribution in [2.45, 2.75) is 17.4 Å². The number of aromatic nitrogens is 1. The molecule has 4 aromatic rings. The molecule has 37 heavy (non-hydrogen) atoms. The summed E-state index contributed by atoms with van der Waals surface area (Å²) < 4.78 is 34.1. The van der Waals surface area contributed by atoms with Crippen LogP contribution in [0.2, 0.25) is 0 Å². The van der Waals surface area contributed by atoms with E-state index in [2.05, 4.69) is 11.6 Å². The van der Waals surface area contributed by atoms with E-state index in [0.717, 1.165) is 23.3 Å². The first-order chi connectivity index (χ1) is 17.9. The summed E-state index contributed by atoms with van der Waals surface area (Å²) in [6.07, 6.45) is 3.79. The number of amides is 1. The molecular formula is C28H27N3O4S2. The molecule has 0 spiro atoms. The van der Waals surface area contributed by atoms with Crippen LogP contribution in [0.5, 0.6) is 5.75 Å². The average molecular weight is 534 g/mol. The number of carbonyl (C=O) groups is 1. The number of hydrogen-bond acceptors (Lipinski definition) is 6. The summed E-state index contributed by atoms with van der Waals surface area (Å²) in [5.41, 5.74) is 2.40. The van der Waals surface area contributed by atoms with Gasteiger partial charge in [-0.1, -0.05) is 36.4 Å². The van der Waals surface area contributed by atoms with Crippen molar-refractivity contribution in [1.29, 1.82) is 0 Å². The quantitative estimate of drug-likeness (QED) is 0.308. The van der Waals surface area contributed by atoms with E-state index in [1.54, 1.807) is 41.7 Å². The number of pyridine rings is 1. The molecule has 5 rings (SSSR count). The zero-order valence-corrected chi connectivity index (χ0v) is 22.0. The van der Waals surface area contributed by atoms with Gasteiger partial charge in [0.1, 0.15) is 10.6 Å². The maximum Gasteiger partial charge on any atom is 0.246 e. The minimum Gasteiger partial charge on any atom is -0.497 e. The highest BCUT2D eigenvalue weighted by Crippen LogP contribution is 2.38. The minimum absolute atomic E-state index is 0.00202. The summed E-state index contributed by atoms with van der Waals surface area (Å²) >= 11 is 1.68. The highest BCUT2D eigenvalue weighted by Gasteiger charge is 2.36. The molecule has 0 N–H and O–H groups in total. The van der Waals surface area contributed by atoms with Crippen molar-refractivity contribution >= 4 is 38.2 Å². The molecule has 0 saturated heterocycles. The highest BCUT2D eigenvalue weighted by molar-refractivity contribution is 7.89. The third-order valence-corrected chi connectivity index (χ3v) is 9.42. The van der Waals surface area contributed by atoms with Gasteiger partial charge in [0.05, 0.1) is 25.2 Å². The van der Waals surface area contributed by atoms with Crippen molar-refractivity contribution in [2.24, 2.45) is 0 Å². The van der Waals surface area contributed by atoms with E-state index < -0.39 is 10.0 Å². The molecule has 0 saturated carbocycles. The largest absolute Gasteiger partial charge is 0.497 e. The maximum absolute atomic E-state index is 13.8. The maximum atomic E-state index is 13.8. The standard InChI is InChI=1S/C28H27N3O4S2/c1-3-16-30(37(33,34)25-8-4-6-20-7-5-15-29-27(20)25)19-26(32)31-17-13-24-23(14-18-36-24)28(31)21-9-11-22(35-2)12-10-21/h3-12,14-15,18,28H,1,13,16-17,19H2,2H3. The zero-order valence-electron chi connectivity index (χ0n) is 20.4. The molecule has 1 amide bonds. The summed E-state index contributed by atoms with van der Waals surface area (Å²) in [5.74, 6) is 0.464. The zero-order chi connectivity index (χ0) is 26.0. The Balaban J connectivity index is 1.49. The number of fused-ring (bicyclic) bond motifs is 2. The lowest BCUT2D eigenvalue weighted by atomic mass is 9.93. The fourth-order valence-corrected chi connectivity index (χ4v) is 7.22. The lowest BCUT2D eigenvalue weighted by Gasteiger charge is -2.37. The van der Waals surface area contributed by atoms with Crippen molar-refractivity contribution in [1.82, 2.24) is 14.2 Å². The Morgan fingerprint density at radius 2 is 1.97 bits per heavy atom. The SMILES string of the molecule is C=CCN(CC(=O)N1CCc2sccc2C1c1ccc(OC)cc1)S(=O)(=O)c1cccc2cccnc12. The molecule has 1 aliphatic heterocycles. The van der Waals surface area contributed by atoms with Crippen LogP contribution in [0.1, 0.15) is 22.0 Å². The molecule has 7 nitrogen and oxygen atoms in total. The molecule has 1 atom stereocenters. The number of carbonyl (C=O) groups excluding carboxylic acids is 1. The van der Waals surface area contributed by atoms with E-state index in [9.17, 15) is 13.2 Å². The van der Waals surface area contributed by atoms with Crippen molar-refractivity contribution in [3.8, 4) is 5.75 Å². The van der Waals surface area contributed by atoms with E-state index >= 15 is 0 Å². The van der Waals surface area contributed by atoms with Gasteiger partial charge in [-0.25, -0.2) is 8.42 Å². The Morgan fingerprint density at radius 1 is 1.19 bits per heavy atom. The van der Waals surface area contributed by atoms with Gasteiger partial charge < -0.3 is 9.64 Å². The molecule has 0 aliphatic carbocycles. The predicted octanol–water partition coefficient (Wildman–Crippen LogP) is 4.66. The Kier molecular flexibility index (Phi) is 7.10. The Labute approximate surface area is 220 Å². The second-order valence-electron chi connectivity index (χ2n) is 8.73. The van der Waals surface area contributed by atoms with Crippen LogP contribution in [0, 0.1) is 0 Å². The number of ether oxygens (including phenoxy) is 1. The predicted molar refractivity (Wildman–Crippen MR) is 145 cm³/mol. The van der Waals surface area contributed by atoms with Gasteiger partial charge >= 0.3 is 0 Å². The van der Waals surface area contributed by atoms with Crippen LogP contribution in [0.15, 0.2) is 89.8 Å². The van der Waals surface area contributed by atoms with Crippen LogP contribution in [0.3, 0.4) is 0 Å². The molecule has 1 aliphatic rings. The van der Waals surface area contributed by atoms with Gasteiger partial charge in [0.25, 0.3) is 0 Å². The number of hydrogen-bond donors (Lipinski definition) is 0. The van der Waals surface area contributed by atoms with Gasteiger partial charge in [-0.15, -0.1) is 17.9 Å². The van der Waals surface area contributed by atoms with E-state index in [4.69, 9.17) is 4.74 Å². The monoisotopic (exact) mass is 533 g/mol. The molecule has 2 aromatic carbocycles. The number of nitrogens with zero attached hydrogens (tertiary/aromatic N) is 3. The number of para-hydroxylation sites is 1. The smallest absolute Gasteiger partial charge is 0.246 e. The Hall–Kier alpha value is -3.53. The molecule has 2 aromatic heterocycles. The lowest BCUT2D eigenvalue weighted by molar-refractivity contribution is -0.133. The molecule has 190 valence electrons. The molecule has 0 fully saturated rings. The molecular weight excluding hydrogens is 506 g/mol. The number of rotatable bonds is 8. The van der Waals surface area contributed by atoms with Gasteiger partial charge in [-0.05, 0) is 53.3 Å². The molecule has 3 heterocycles. The highest BCUT2D eigenvalue weighted by atomic mass is 32.2. The fourth-order valence-electron chi connectivity index (χ4n) is 4.79. The van der Waals surface area contributed by atoms with Crippen LogP contribution in [-0.4, -0.2) is 55.3 Å². The van der Waals surface area contributed by atoms with Gasteiger partial charge in [-0.3, -0.25) is 9.78 Å². The summed E-state index contributed by atoms with van der Waals surface area (Å²) in [6.45, 7) is 3.94. The van der Waals surface area contributed by atoms with Crippen molar-refractivity contribution < 1.29 is 17.9 Å². The Morgan fingerprint density at radius 3 is 2.73 bits per heavy atom. The Bertz CT molecular complexity index is 1540. The number of thiophene rings is 1. The second kappa shape index (κ2) is 10.5. The van der Waals surface area contributed by atoms with Crippen LogP contribution in [0.4, 0.5) is 0 Å².